The van der Waals surface area contributed by atoms with E-state index in [-0.39, 0.29) is 5.91 Å². The second-order valence-corrected chi connectivity index (χ2v) is 2.97. The van der Waals surface area contributed by atoms with Crippen LogP contribution in [-0.2, 0) is 9.59 Å². The Kier molecular flexibility index (Phi) is 6.79. The van der Waals surface area contributed by atoms with Crippen molar-refractivity contribution < 1.29 is 9.59 Å². The average molecular weight is 222 g/mol. The zero-order chi connectivity index (χ0) is 12.6. The Hall–Kier alpha value is -1.68. The van der Waals surface area contributed by atoms with E-state index in [2.05, 4.69) is 5.32 Å². The largest absolute Gasteiger partial charge is 0.326 e. The molecule has 0 aromatic heterocycles. The van der Waals surface area contributed by atoms with Crippen molar-refractivity contribution in [3.63, 3.8) is 0 Å². The normalized spacial score (nSPS) is 10.8. The van der Waals surface area contributed by atoms with E-state index < -0.39 is 6.04 Å². The molecule has 0 aliphatic carbocycles. The van der Waals surface area contributed by atoms with Gasteiger partial charge in [-0.2, -0.15) is 0 Å². The van der Waals surface area contributed by atoms with E-state index in [0.717, 1.165) is 0 Å². The number of hydrogen-bond acceptors (Lipinski definition) is 3. The van der Waals surface area contributed by atoms with Crippen molar-refractivity contribution in [3.8, 4) is 0 Å². The fourth-order valence-corrected chi connectivity index (χ4v) is 1.11. The number of nitrogens with one attached hydrogen (secondary N) is 1. The third kappa shape index (κ3) is 4.70. The molecule has 4 heteroatoms. The summed E-state index contributed by atoms with van der Waals surface area (Å²) in [6.07, 6.45) is 0.660. The molecule has 0 aliphatic heterocycles. The number of hydrogen-bond donors (Lipinski definition) is 2. The molecule has 1 atom stereocenters. The molecule has 0 saturated carbocycles. The first-order chi connectivity index (χ1) is 7.63. The quantitative estimate of drug-likeness (QED) is 0.767. The molecule has 1 aromatic carbocycles. The van der Waals surface area contributed by atoms with Crippen molar-refractivity contribution in [1.29, 1.82) is 0 Å². The number of amides is 1. The van der Waals surface area contributed by atoms with Gasteiger partial charge in [0.1, 0.15) is 6.29 Å². The minimum absolute atomic E-state index is 0.151. The summed E-state index contributed by atoms with van der Waals surface area (Å²) >= 11 is 0. The van der Waals surface area contributed by atoms with Gasteiger partial charge in [0.2, 0.25) is 5.91 Å². The molecule has 3 N–H and O–H groups in total. The first-order valence-corrected chi connectivity index (χ1v) is 5.22. The highest BCUT2D eigenvalue weighted by Gasteiger charge is 2.04. The summed E-state index contributed by atoms with van der Waals surface area (Å²) in [7, 11) is 0. The number of nitrogens with two attached hydrogens (primary N) is 1. The summed E-state index contributed by atoms with van der Waals surface area (Å²) in [5.41, 5.74) is 6.85. The van der Waals surface area contributed by atoms with E-state index in [9.17, 15) is 9.59 Å². The number of rotatable bonds is 3. The smallest absolute Gasteiger partial charge is 0.221 e. The topological polar surface area (TPSA) is 72.2 Å². The summed E-state index contributed by atoms with van der Waals surface area (Å²) in [6.45, 7) is 5.42. The molecule has 88 valence electrons. The molecule has 0 spiro atoms. The van der Waals surface area contributed by atoms with E-state index in [1.54, 1.807) is 24.3 Å². The summed E-state index contributed by atoms with van der Waals surface area (Å²) < 4.78 is 0. The van der Waals surface area contributed by atoms with Crippen LogP contribution in [0.1, 0.15) is 32.4 Å². The maximum absolute atomic E-state index is 10.8. The molecule has 1 aromatic rings. The molecule has 0 aliphatic rings. The fraction of sp³-hybridized carbons (Fsp3) is 0.333. The maximum atomic E-state index is 10.8. The third-order valence-corrected chi connectivity index (χ3v) is 1.74. The molecular formula is C12H18N2O2. The lowest BCUT2D eigenvalue weighted by Gasteiger charge is -2.07. The van der Waals surface area contributed by atoms with Crippen molar-refractivity contribution >= 4 is 17.9 Å². The van der Waals surface area contributed by atoms with Crippen LogP contribution < -0.4 is 11.1 Å². The monoisotopic (exact) mass is 222 g/mol. The van der Waals surface area contributed by atoms with E-state index >= 15 is 0 Å². The number of benzene rings is 1. The van der Waals surface area contributed by atoms with Crippen molar-refractivity contribution in [3.05, 3.63) is 29.8 Å². The molecule has 0 heterocycles. The van der Waals surface area contributed by atoms with Gasteiger partial charge in [0.15, 0.2) is 0 Å². The van der Waals surface area contributed by atoms with Gasteiger partial charge in [0.05, 0.1) is 6.04 Å². The Labute approximate surface area is 95.8 Å². The van der Waals surface area contributed by atoms with Crippen LogP contribution in [0.4, 0.5) is 5.69 Å². The number of aldehydes is 1. The molecule has 0 radical (unpaired) electrons. The SMILES string of the molecule is CC.CC(=O)Nc1cccc(C(N)C=O)c1. The van der Waals surface area contributed by atoms with Crippen molar-refractivity contribution in [2.24, 2.45) is 5.73 Å². The third-order valence-electron chi connectivity index (χ3n) is 1.74. The van der Waals surface area contributed by atoms with Gasteiger partial charge < -0.3 is 15.8 Å². The van der Waals surface area contributed by atoms with Crippen molar-refractivity contribution in [2.75, 3.05) is 5.32 Å². The predicted octanol–water partition coefficient (Wildman–Crippen LogP) is 1.87. The second kappa shape index (κ2) is 7.59. The Morgan fingerprint density at radius 2 is 2.06 bits per heavy atom. The molecule has 0 fully saturated rings. The standard InChI is InChI=1S/C10H12N2O2.C2H6/c1-7(14)12-9-4-2-3-8(5-9)10(11)6-13;1-2/h2-6,10H,11H2,1H3,(H,12,14);1-2H3. The molecule has 0 saturated heterocycles. The minimum Gasteiger partial charge on any atom is -0.326 e. The molecule has 1 amide bonds. The van der Waals surface area contributed by atoms with Gasteiger partial charge in [0.25, 0.3) is 0 Å². The van der Waals surface area contributed by atoms with Crippen LogP contribution in [-0.4, -0.2) is 12.2 Å². The van der Waals surface area contributed by atoms with Crippen LogP contribution >= 0.6 is 0 Å². The van der Waals surface area contributed by atoms with Crippen LogP contribution in [0.3, 0.4) is 0 Å². The molecule has 16 heavy (non-hydrogen) atoms. The summed E-state index contributed by atoms with van der Waals surface area (Å²) in [6, 6.07) is 6.26. The minimum atomic E-state index is -0.635. The Morgan fingerprint density at radius 1 is 1.44 bits per heavy atom. The molecule has 4 nitrogen and oxygen atoms in total. The highest BCUT2D eigenvalue weighted by molar-refractivity contribution is 5.88. The Morgan fingerprint density at radius 3 is 2.56 bits per heavy atom. The lowest BCUT2D eigenvalue weighted by Crippen LogP contribution is -2.12. The summed E-state index contributed by atoms with van der Waals surface area (Å²) in [4.78, 5) is 21.2. The molecule has 1 unspecified atom stereocenters. The molecular weight excluding hydrogens is 204 g/mol. The fourth-order valence-electron chi connectivity index (χ4n) is 1.11. The van der Waals surface area contributed by atoms with Gasteiger partial charge in [-0.1, -0.05) is 26.0 Å². The van der Waals surface area contributed by atoms with E-state index in [1.807, 2.05) is 13.8 Å². The Balaban J connectivity index is 0.00000106. The lowest BCUT2D eigenvalue weighted by atomic mass is 10.1. The van der Waals surface area contributed by atoms with Gasteiger partial charge in [-0.25, -0.2) is 0 Å². The van der Waals surface area contributed by atoms with Gasteiger partial charge in [0, 0.05) is 12.6 Å². The molecule has 1 rings (SSSR count). The highest BCUT2D eigenvalue weighted by atomic mass is 16.1. The number of carbonyl (C=O) groups excluding carboxylic acids is 2. The zero-order valence-electron chi connectivity index (χ0n) is 9.86. The van der Waals surface area contributed by atoms with Gasteiger partial charge in [-0.05, 0) is 17.7 Å². The second-order valence-electron chi connectivity index (χ2n) is 2.97. The van der Waals surface area contributed by atoms with Crippen molar-refractivity contribution in [1.82, 2.24) is 0 Å². The van der Waals surface area contributed by atoms with Gasteiger partial charge in [-0.15, -0.1) is 0 Å². The van der Waals surface area contributed by atoms with Crippen LogP contribution in [0, 0.1) is 0 Å². The van der Waals surface area contributed by atoms with E-state index in [4.69, 9.17) is 5.73 Å². The predicted molar refractivity (Wildman–Crippen MR) is 65.1 cm³/mol. The van der Waals surface area contributed by atoms with Crippen LogP contribution in [0.5, 0.6) is 0 Å². The average Bonchev–Trinajstić information content (AvgIpc) is 2.30. The van der Waals surface area contributed by atoms with Crippen molar-refractivity contribution in [2.45, 2.75) is 26.8 Å². The Bertz CT molecular complexity index is 351. The number of carbonyl (C=O) groups is 2. The van der Waals surface area contributed by atoms with E-state index in [0.29, 0.717) is 17.5 Å². The molecule has 0 bridgehead atoms. The first-order valence-electron chi connectivity index (χ1n) is 5.22. The van der Waals surface area contributed by atoms with Gasteiger partial charge in [-0.3, -0.25) is 4.79 Å². The summed E-state index contributed by atoms with van der Waals surface area (Å²) in [5, 5.41) is 2.61. The van der Waals surface area contributed by atoms with Crippen LogP contribution in [0.15, 0.2) is 24.3 Å². The first kappa shape index (κ1) is 14.3. The van der Waals surface area contributed by atoms with E-state index in [1.165, 1.54) is 6.92 Å². The zero-order valence-corrected chi connectivity index (χ0v) is 9.86. The lowest BCUT2D eigenvalue weighted by molar-refractivity contribution is -0.114. The van der Waals surface area contributed by atoms with Crippen LogP contribution in [0.2, 0.25) is 0 Å². The van der Waals surface area contributed by atoms with Crippen LogP contribution in [0.25, 0.3) is 0 Å². The highest BCUT2D eigenvalue weighted by Crippen LogP contribution is 2.14. The maximum Gasteiger partial charge on any atom is 0.221 e. The summed E-state index contributed by atoms with van der Waals surface area (Å²) in [5.74, 6) is -0.151. The van der Waals surface area contributed by atoms with Gasteiger partial charge >= 0.3 is 0 Å². The number of anilines is 1.